The Morgan fingerprint density at radius 1 is 1.33 bits per heavy atom. The summed E-state index contributed by atoms with van der Waals surface area (Å²) in [6.45, 7) is 2.16. The van der Waals surface area contributed by atoms with Crippen molar-refractivity contribution < 1.29 is 4.79 Å². The van der Waals surface area contributed by atoms with E-state index in [1.807, 2.05) is 6.07 Å². The molecule has 1 unspecified atom stereocenters. The van der Waals surface area contributed by atoms with Crippen LogP contribution in [-0.2, 0) is 19.4 Å². The molecule has 0 saturated carbocycles. The number of hydrogen-bond acceptors (Lipinski definition) is 5. The molecular formula is C18H17N3O2S. The second-order valence-electron chi connectivity index (χ2n) is 6.37. The van der Waals surface area contributed by atoms with E-state index in [4.69, 9.17) is 0 Å². The number of hydrogen-bond donors (Lipinski definition) is 0. The summed E-state index contributed by atoms with van der Waals surface area (Å²) in [4.78, 5) is 27.1. The smallest absolute Gasteiger partial charge is 0.279 e. The second kappa shape index (κ2) is 5.94. The van der Waals surface area contributed by atoms with Gasteiger partial charge in [-0.05, 0) is 30.7 Å². The van der Waals surface area contributed by atoms with Gasteiger partial charge >= 0.3 is 0 Å². The van der Waals surface area contributed by atoms with Crippen LogP contribution in [0.1, 0.15) is 34.1 Å². The molecule has 2 heterocycles. The molecule has 0 saturated heterocycles. The summed E-state index contributed by atoms with van der Waals surface area (Å²) < 4.78 is 1.20. The molecule has 0 radical (unpaired) electrons. The van der Waals surface area contributed by atoms with E-state index in [0.717, 1.165) is 24.8 Å². The van der Waals surface area contributed by atoms with E-state index in [-0.39, 0.29) is 17.9 Å². The fraction of sp³-hybridized carbons (Fsp3) is 0.333. The molecule has 24 heavy (non-hydrogen) atoms. The van der Waals surface area contributed by atoms with Crippen molar-refractivity contribution in [3.05, 3.63) is 56.7 Å². The Balaban J connectivity index is 1.74. The van der Waals surface area contributed by atoms with Crippen LogP contribution in [0.25, 0.3) is 10.2 Å². The summed E-state index contributed by atoms with van der Waals surface area (Å²) in [6, 6.07) is 8.95. The molecule has 122 valence electrons. The third-order valence-corrected chi connectivity index (χ3v) is 5.71. The van der Waals surface area contributed by atoms with E-state index in [9.17, 15) is 9.59 Å². The van der Waals surface area contributed by atoms with E-state index in [1.54, 1.807) is 35.6 Å². The molecule has 1 aliphatic rings. The van der Waals surface area contributed by atoms with Gasteiger partial charge in [-0.15, -0.1) is 16.4 Å². The SMILES string of the molecule is CC1CCc2c(sc3nnn(CC(=O)c4ccccc4)c(=O)c23)C1. The third kappa shape index (κ3) is 2.57. The first-order chi connectivity index (χ1) is 11.6. The van der Waals surface area contributed by atoms with Gasteiger partial charge in [-0.1, -0.05) is 42.5 Å². The van der Waals surface area contributed by atoms with Crippen LogP contribution < -0.4 is 5.56 Å². The number of aromatic nitrogens is 3. The molecule has 0 amide bonds. The number of fused-ring (bicyclic) bond motifs is 3. The largest absolute Gasteiger partial charge is 0.292 e. The average Bonchev–Trinajstić information content (AvgIpc) is 2.96. The van der Waals surface area contributed by atoms with E-state index in [0.29, 0.717) is 21.7 Å². The summed E-state index contributed by atoms with van der Waals surface area (Å²) in [5.74, 6) is 0.504. The average molecular weight is 339 g/mol. The van der Waals surface area contributed by atoms with Crippen molar-refractivity contribution in [2.24, 2.45) is 5.92 Å². The van der Waals surface area contributed by atoms with Gasteiger partial charge in [0, 0.05) is 10.4 Å². The number of ketones is 1. The van der Waals surface area contributed by atoms with Crippen LogP contribution in [0.5, 0.6) is 0 Å². The highest BCUT2D eigenvalue weighted by atomic mass is 32.1. The Morgan fingerprint density at radius 3 is 2.92 bits per heavy atom. The lowest BCUT2D eigenvalue weighted by Crippen LogP contribution is -2.28. The minimum absolute atomic E-state index is 0.0766. The molecule has 0 aliphatic heterocycles. The highest BCUT2D eigenvalue weighted by Crippen LogP contribution is 2.35. The molecule has 0 spiro atoms. The Kier molecular flexibility index (Phi) is 3.76. The number of carbonyl (C=O) groups excluding carboxylic acids is 1. The highest BCUT2D eigenvalue weighted by molar-refractivity contribution is 7.18. The van der Waals surface area contributed by atoms with Crippen LogP contribution in [0, 0.1) is 5.92 Å². The van der Waals surface area contributed by atoms with Crippen molar-refractivity contribution in [3.8, 4) is 0 Å². The van der Waals surface area contributed by atoms with Gasteiger partial charge in [0.05, 0.1) is 5.39 Å². The van der Waals surface area contributed by atoms with Gasteiger partial charge in [0.15, 0.2) is 10.6 Å². The monoisotopic (exact) mass is 339 g/mol. The molecule has 1 atom stereocenters. The summed E-state index contributed by atoms with van der Waals surface area (Å²) >= 11 is 1.57. The Hall–Kier alpha value is -2.34. The Labute approximate surface area is 142 Å². The van der Waals surface area contributed by atoms with Gasteiger partial charge in [-0.2, -0.15) is 0 Å². The molecule has 3 aromatic rings. The maximum absolute atomic E-state index is 12.8. The molecule has 1 aromatic carbocycles. The summed E-state index contributed by atoms with van der Waals surface area (Å²) in [5.41, 5.74) is 1.50. The van der Waals surface area contributed by atoms with Gasteiger partial charge in [0.25, 0.3) is 5.56 Å². The first-order valence-corrected chi connectivity index (χ1v) is 8.91. The van der Waals surface area contributed by atoms with Crippen LogP contribution in [-0.4, -0.2) is 20.8 Å². The quantitative estimate of drug-likeness (QED) is 0.688. The minimum Gasteiger partial charge on any atom is -0.292 e. The molecule has 1 aliphatic carbocycles. The van der Waals surface area contributed by atoms with Crippen LogP contribution in [0.4, 0.5) is 0 Å². The molecular weight excluding hydrogens is 322 g/mol. The standard InChI is InChI=1S/C18H17N3O2S/c1-11-7-8-13-15(9-11)24-17-16(13)18(23)21(20-19-17)10-14(22)12-5-3-2-4-6-12/h2-6,11H,7-10H2,1H3. The van der Waals surface area contributed by atoms with Gasteiger partial charge < -0.3 is 0 Å². The summed E-state index contributed by atoms with van der Waals surface area (Å²) in [7, 11) is 0. The highest BCUT2D eigenvalue weighted by Gasteiger charge is 2.24. The van der Waals surface area contributed by atoms with Gasteiger partial charge in [-0.3, -0.25) is 9.59 Å². The molecule has 5 nitrogen and oxygen atoms in total. The van der Waals surface area contributed by atoms with Crippen molar-refractivity contribution in [2.75, 3.05) is 0 Å². The predicted molar refractivity (Wildman–Crippen MR) is 93.6 cm³/mol. The summed E-state index contributed by atoms with van der Waals surface area (Å²) in [5, 5.41) is 8.84. The lowest BCUT2D eigenvalue weighted by atomic mass is 9.89. The van der Waals surface area contributed by atoms with Crippen LogP contribution in [0.2, 0.25) is 0 Å². The van der Waals surface area contributed by atoms with Crippen molar-refractivity contribution in [1.29, 1.82) is 0 Å². The maximum Gasteiger partial charge on any atom is 0.279 e. The van der Waals surface area contributed by atoms with Crippen LogP contribution in [0.3, 0.4) is 0 Å². The number of aryl methyl sites for hydroxylation is 1. The fourth-order valence-corrected chi connectivity index (χ4v) is 4.56. The van der Waals surface area contributed by atoms with E-state index >= 15 is 0 Å². The van der Waals surface area contributed by atoms with Crippen molar-refractivity contribution >= 4 is 27.3 Å². The van der Waals surface area contributed by atoms with Gasteiger partial charge in [-0.25, -0.2) is 4.68 Å². The Morgan fingerprint density at radius 2 is 2.12 bits per heavy atom. The molecule has 2 aromatic heterocycles. The number of Topliss-reactive ketones (excluding diaryl/α,β-unsaturated/α-hetero) is 1. The Bertz CT molecular complexity index is 975. The van der Waals surface area contributed by atoms with Crippen molar-refractivity contribution in [2.45, 2.75) is 32.7 Å². The maximum atomic E-state index is 12.8. The zero-order valence-electron chi connectivity index (χ0n) is 13.4. The van der Waals surface area contributed by atoms with Gasteiger partial charge in [0.2, 0.25) is 0 Å². The summed E-state index contributed by atoms with van der Waals surface area (Å²) in [6.07, 6.45) is 2.99. The van der Waals surface area contributed by atoms with E-state index in [1.165, 1.54) is 9.56 Å². The first kappa shape index (κ1) is 15.2. The third-order valence-electron chi connectivity index (χ3n) is 4.57. The molecule has 0 fully saturated rings. The molecule has 4 rings (SSSR count). The van der Waals surface area contributed by atoms with Crippen LogP contribution in [0.15, 0.2) is 35.1 Å². The normalized spacial score (nSPS) is 17.0. The molecule has 0 bridgehead atoms. The lowest BCUT2D eigenvalue weighted by molar-refractivity contribution is 0.0964. The number of rotatable bonds is 3. The van der Waals surface area contributed by atoms with Crippen molar-refractivity contribution in [3.63, 3.8) is 0 Å². The zero-order chi connectivity index (χ0) is 16.7. The molecule has 6 heteroatoms. The number of carbonyl (C=O) groups is 1. The second-order valence-corrected chi connectivity index (χ2v) is 7.46. The topological polar surface area (TPSA) is 64.8 Å². The molecule has 0 N–H and O–H groups in total. The zero-order valence-corrected chi connectivity index (χ0v) is 14.2. The first-order valence-electron chi connectivity index (χ1n) is 8.10. The van der Waals surface area contributed by atoms with E-state index in [2.05, 4.69) is 17.2 Å². The van der Waals surface area contributed by atoms with Crippen molar-refractivity contribution in [1.82, 2.24) is 15.0 Å². The number of benzene rings is 1. The van der Waals surface area contributed by atoms with E-state index < -0.39 is 0 Å². The van der Waals surface area contributed by atoms with Crippen LogP contribution >= 0.6 is 11.3 Å². The lowest BCUT2D eigenvalue weighted by Gasteiger charge is -2.17. The number of thiophene rings is 1. The predicted octanol–water partition coefficient (Wildman–Crippen LogP) is 2.86. The minimum atomic E-state index is -0.198. The van der Waals surface area contributed by atoms with Gasteiger partial charge in [0.1, 0.15) is 6.54 Å². The fourth-order valence-electron chi connectivity index (χ4n) is 3.25. The number of nitrogens with zero attached hydrogens (tertiary/aromatic N) is 3.